The van der Waals surface area contributed by atoms with Gasteiger partial charge in [0, 0.05) is 5.75 Å². The molecule has 0 atom stereocenters. The van der Waals surface area contributed by atoms with Crippen LogP contribution in [0.5, 0.6) is 0 Å². The molecule has 12 heavy (non-hydrogen) atoms. The lowest BCUT2D eigenvalue weighted by molar-refractivity contribution is 0.416. The predicted octanol–water partition coefficient (Wildman–Crippen LogP) is 4.24. The first-order valence-corrected chi connectivity index (χ1v) is 5.23. The van der Waals surface area contributed by atoms with Crippen molar-refractivity contribution >= 4 is 11.8 Å². The van der Waals surface area contributed by atoms with Crippen molar-refractivity contribution in [2.24, 2.45) is 0 Å². The maximum Gasteiger partial charge on any atom is 0.266 e. The lowest BCUT2D eigenvalue weighted by Crippen LogP contribution is -1.79. The number of thioether (sulfide) groups is 1. The molecule has 0 N–H and O–H groups in total. The number of halogens is 2. The molecule has 0 heterocycles. The van der Waals surface area contributed by atoms with Gasteiger partial charge in [-0.05, 0) is 31.1 Å². The van der Waals surface area contributed by atoms with Gasteiger partial charge in [-0.2, -0.15) is 20.5 Å². The van der Waals surface area contributed by atoms with Crippen LogP contribution in [0, 0.1) is 5.75 Å². The van der Waals surface area contributed by atoms with Gasteiger partial charge in [-0.1, -0.05) is 13.3 Å². The van der Waals surface area contributed by atoms with Gasteiger partial charge in [-0.3, -0.25) is 0 Å². The van der Waals surface area contributed by atoms with Gasteiger partial charge in [0.25, 0.3) is 6.08 Å². The first-order valence-electron chi connectivity index (χ1n) is 4.18. The molecule has 0 saturated heterocycles. The van der Waals surface area contributed by atoms with E-state index >= 15 is 0 Å². The fourth-order valence-electron chi connectivity index (χ4n) is 0.836. The molecule has 0 rings (SSSR count). The van der Waals surface area contributed by atoms with Crippen LogP contribution in [0.1, 0.15) is 32.6 Å². The van der Waals surface area contributed by atoms with E-state index in [1.165, 1.54) is 0 Å². The van der Waals surface area contributed by atoms with Gasteiger partial charge in [0.2, 0.25) is 0 Å². The molecule has 0 aromatic carbocycles. The number of hydrogen-bond donors (Lipinski definition) is 0. The Morgan fingerprint density at radius 2 is 2.00 bits per heavy atom. The molecule has 0 aliphatic rings. The normalized spacial score (nSPS) is 9.92. The summed E-state index contributed by atoms with van der Waals surface area (Å²) < 4.78 is 23.0. The van der Waals surface area contributed by atoms with Crippen LogP contribution >= 0.6 is 11.8 Å². The second kappa shape index (κ2) is 9.04. The Morgan fingerprint density at radius 3 is 2.58 bits per heavy atom. The van der Waals surface area contributed by atoms with Crippen LogP contribution in [0.25, 0.3) is 0 Å². The van der Waals surface area contributed by atoms with E-state index in [1.807, 2.05) is 6.92 Å². The first kappa shape index (κ1) is 11.9. The van der Waals surface area contributed by atoms with Crippen molar-refractivity contribution in [3.05, 3.63) is 17.9 Å². The Balaban J connectivity index is 2.96. The number of rotatable bonds is 7. The summed E-state index contributed by atoms with van der Waals surface area (Å²) in [5.74, 6) is 3.17. The van der Waals surface area contributed by atoms with E-state index in [2.05, 4.69) is 5.75 Å². The quantitative estimate of drug-likeness (QED) is 0.545. The van der Waals surface area contributed by atoms with Gasteiger partial charge < -0.3 is 0 Å². The van der Waals surface area contributed by atoms with Crippen molar-refractivity contribution in [1.29, 1.82) is 0 Å². The zero-order chi connectivity index (χ0) is 9.23. The zero-order valence-electron chi connectivity index (χ0n) is 7.35. The van der Waals surface area contributed by atoms with E-state index in [9.17, 15) is 8.78 Å². The lowest BCUT2D eigenvalue weighted by atomic mass is 10.2. The zero-order valence-corrected chi connectivity index (χ0v) is 8.17. The average Bonchev–Trinajstić information content (AvgIpc) is 2.02. The van der Waals surface area contributed by atoms with E-state index < -0.39 is 6.08 Å². The second-order valence-electron chi connectivity index (χ2n) is 2.45. The van der Waals surface area contributed by atoms with Crippen molar-refractivity contribution < 1.29 is 8.78 Å². The maximum atomic E-state index is 11.5. The van der Waals surface area contributed by atoms with Gasteiger partial charge in [-0.25, -0.2) is 0 Å². The third-order valence-electron chi connectivity index (χ3n) is 1.43. The Kier molecular flexibility index (Phi) is 9.00. The van der Waals surface area contributed by atoms with Crippen molar-refractivity contribution in [3.63, 3.8) is 0 Å². The van der Waals surface area contributed by atoms with Crippen LogP contribution in [0.3, 0.4) is 0 Å². The largest absolute Gasteiger partial charge is 0.266 e. The Bertz CT molecular complexity index is 120. The molecular weight excluding hydrogens is 178 g/mol. The van der Waals surface area contributed by atoms with Gasteiger partial charge in [0.15, 0.2) is 0 Å². The summed E-state index contributed by atoms with van der Waals surface area (Å²) >= 11 is 1.78. The van der Waals surface area contributed by atoms with Crippen LogP contribution < -0.4 is 0 Å². The van der Waals surface area contributed by atoms with Crippen molar-refractivity contribution in [3.8, 4) is 0 Å². The molecule has 0 aliphatic heterocycles. The summed E-state index contributed by atoms with van der Waals surface area (Å²) in [6.45, 7) is 2.01. The van der Waals surface area contributed by atoms with Crippen LogP contribution in [0.2, 0.25) is 0 Å². The van der Waals surface area contributed by atoms with Crippen molar-refractivity contribution in [2.75, 3.05) is 5.75 Å². The highest BCUT2D eigenvalue weighted by Crippen LogP contribution is 2.10. The summed E-state index contributed by atoms with van der Waals surface area (Å²) in [7, 11) is 0. The van der Waals surface area contributed by atoms with Crippen LogP contribution in [-0.4, -0.2) is 5.75 Å². The Labute approximate surface area is 77.4 Å². The highest BCUT2D eigenvalue weighted by Gasteiger charge is 1.90. The molecule has 0 aliphatic carbocycles. The average molecular weight is 193 g/mol. The molecule has 0 amide bonds. The van der Waals surface area contributed by atoms with E-state index in [-0.39, 0.29) is 0 Å². The standard InChI is InChI=1S/C9H15F2S/c1-2-12-8-6-4-3-5-7-9(10)11/h2,7H,3-6,8H2,1H3. The molecule has 71 valence electrons. The lowest BCUT2D eigenvalue weighted by Gasteiger charge is -1.96. The van der Waals surface area contributed by atoms with E-state index in [4.69, 9.17) is 0 Å². The summed E-state index contributed by atoms with van der Waals surface area (Å²) in [4.78, 5) is 0. The molecule has 3 heteroatoms. The Hall–Kier alpha value is -0.0500. The van der Waals surface area contributed by atoms with E-state index in [0.717, 1.165) is 31.1 Å². The van der Waals surface area contributed by atoms with Gasteiger partial charge in [0.05, 0.1) is 0 Å². The minimum Gasteiger partial charge on any atom is -0.174 e. The molecule has 0 unspecified atom stereocenters. The summed E-state index contributed by atoms with van der Waals surface area (Å²) in [5, 5.41) is 0. The minimum absolute atomic E-state index is 0.517. The summed E-state index contributed by atoms with van der Waals surface area (Å²) in [6, 6.07) is 0. The number of unbranched alkanes of at least 4 members (excludes halogenated alkanes) is 3. The highest BCUT2D eigenvalue weighted by atomic mass is 32.2. The SMILES string of the molecule is C[CH]SCCCCCC=C(F)F. The fourth-order valence-corrected chi connectivity index (χ4v) is 1.44. The molecule has 0 nitrogen and oxygen atoms in total. The maximum absolute atomic E-state index is 11.5. The molecule has 1 radical (unpaired) electrons. The van der Waals surface area contributed by atoms with Crippen LogP contribution in [-0.2, 0) is 0 Å². The highest BCUT2D eigenvalue weighted by molar-refractivity contribution is 8.01. The smallest absolute Gasteiger partial charge is 0.174 e. The van der Waals surface area contributed by atoms with Gasteiger partial charge >= 0.3 is 0 Å². The molecule has 0 aromatic heterocycles. The minimum atomic E-state index is -1.55. The van der Waals surface area contributed by atoms with Gasteiger partial charge in [-0.15, -0.1) is 0 Å². The Morgan fingerprint density at radius 1 is 1.25 bits per heavy atom. The fraction of sp³-hybridized carbons (Fsp3) is 0.667. The summed E-state index contributed by atoms with van der Waals surface area (Å²) in [6.07, 6.45) is 3.01. The molecule has 0 spiro atoms. The predicted molar refractivity (Wildman–Crippen MR) is 51.2 cm³/mol. The molecule has 0 fully saturated rings. The van der Waals surface area contributed by atoms with Crippen molar-refractivity contribution in [2.45, 2.75) is 32.6 Å². The van der Waals surface area contributed by atoms with Gasteiger partial charge in [0.1, 0.15) is 0 Å². The topological polar surface area (TPSA) is 0 Å². The molecule has 0 aromatic rings. The third kappa shape index (κ3) is 9.95. The van der Waals surface area contributed by atoms with Crippen molar-refractivity contribution in [1.82, 2.24) is 0 Å². The van der Waals surface area contributed by atoms with E-state index in [0.29, 0.717) is 6.42 Å². The molecule has 0 saturated carbocycles. The number of hydrogen-bond acceptors (Lipinski definition) is 1. The molecule has 0 bridgehead atoms. The number of allylic oxidation sites excluding steroid dienone is 1. The van der Waals surface area contributed by atoms with Crippen LogP contribution in [0.15, 0.2) is 12.2 Å². The third-order valence-corrected chi connectivity index (χ3v) is 2.29. The molecular formula is C9H15F2S. The van der Waals surface area contributed by atoms with Crippen LogP contribution in [0.4, 0.5) is 8.78 Å². The summed E-state index contributed by atoms with van der Waals surface area (Å²) in [5.41, 5.74) is 0. The van der Waals surface area contributed by atoms with E-state index in [1.54, 1.807) is 11.8 Å². The first-order chi connectivity index (χ1) is 5.77. The monoisotopic (exact) mass is 193 g/mol. The second-order valence-corrected chi connectivity index (χ2v) is 3.66.